The van der Waals surface area contributed by atoms with E-state index in [2.05, 4.69) is 19.8 Å². The number of aryl methyl sites for hydroxylation is 2. The van der Waals surface area contributed by atoms with E-state index in [4.69, 9.17) is 13.6 Å². The number of thioether (sulfide) groups is 1. The number of rotatable bonds is 8. The van der Waals surface area contributed by atoms with Gasteiger partial charge in [0.2, 0.25) is 17.4 Å². The fourth-order valence-corrected chi connectivity index (χ4v) is 7.54. The summed E-state index contributed by atoms with van der Waals surface area (Å²) >= 11 is 2.21. The summed E-state index contributed by atoms with van der Waals surface area (Å²) in [5, 5.41) is 24.7. The molecule has 6 heterocycles. The Hall–Kier alpha value is -4.98. The van der Waals surface area contributed by atoms with Gasteiger partial charge in [-0.15, -0.1) is 11.8 Å². The molecule has 20 heteroatoms. The van der Waals surface area contributed by atoms with Gasteiger partial charge >= 0.3 is 17.9 Å². The van der Waals surface area contributed by atoms with Crippen LogP contribution in [0.25, 0.3) is 0 Å². The normalized spacial score (nSPS) is 23.8. The van der Waals surface area contributed by atoms with Crippen LogP contribution in [0, 0.1) is 13.8 Å². The lowest BCUT2D eigenvalue weighted by Gasteiger charge is -2.49. The number of hydrogen-bond acceptors (Lipinski definition) is 15. The first kappa shape index (κ1) is 32.0. The molecule has 0 radical (unpaired) electrons. The van der Waals surface area contributed by atoms with Crippen LogP contribution in [0.2, 0.25) is 0 Å². The highest BCUT2D eigenvalue weighted by Gasteiger charge is 2.54. The third-order valence-corrected chi connectivity index (χ3v) is 9.99. The number of ether oxygens (including phenoxy) is 1. The Kier molecular flexibility index (Phi) is 8.62. The summed E-state index contributed by atoms with van der Waals surface area (Å²) in [6.07, 6.45) is 1.71. The van der Waals surface area contributed by atoms with Crippen molar-refractivity contribution in [2.75, 3.05) is 25.4 Å². The van der Waals surface area contributed by atoms with Crippen LogP contribution in [-0.2, 0) is 30.5 Å². The SMILES string of the molecule is Cc1nc(/C(=N/O)C(=O)NC2C(=O)N3C(C(=O)O)=C(/C=C4\CCN([C@@H]5CCN(C(=O)OCc6oc(=O)oc6C)C5)C4=O)CSC23)ns1. The number of aliphatic carboxylic acids is 1. The molecule has 3 fully saturated rings. The minimum Gasteiger partial charge on any atom is -0.477 e. The van der Waals surface area contributed by atoms with Gasteiger partial charge in [-0.25, -0.2) is 19.4 Å². The standard InChI is InChI=1S/C27H27N7O11S2/c1-11-16(45-27(41)44-11)9-43-26(40)32-5-4-15(8-32)33-6-3-13(22(33)36)7-14-10-46-24-18(23(37)34(24)19(14)25(38)39)29-21(35)17(30-42)20-28-12(2)47-31-20/h7,15,18,24,42H,3-6,8-10H2,1-2H3,(H,29,35)(H,38,39)/b13-7+,30-17-/t15-,18?,24?/m1/s1. The minimum atomic E-state index is -1.36. The molecule has 0 spiro atoms. The predicted octanol–water partition coefficient (Wildman–Crippen LogP) is 0.188. The highest BCUT2D eigenvalue weighted by molar-refractivity contribution is 8.00. The Labute approximate surface area is 272 Å². The minimum absolute atomic E-state index is 0.107. The number of likely N-dealkylation sites (tertiary alicyclic amines) is 2. The number of oxime groups is 1. The van der Waals surface area contributed by atoms with Crippen molar-refractivity contribution in [3.8, 4) is 0 Å². The van der Waals surface area contributed by atoms with Gasteiger partial charge in [-0.3, -0.25) is 19.3 Å². The second-order valence-electron chi connectivity index (χ2n) is 10.9. The Morgan fingerprint density at radius 2 is 1.98 bits per heavy atom. The van der Waals surface area contributed by atoms with Crippen LogP contribution in [0.5, 0.6) is 0 Å². The van der Waals surface area contributed by atoms with Gasteiger partial charge in [0.05, 0.1) is 6.04 Å². The Morgan fingerprint density at radius 1 is 1.19 bits per heavy atom. The molecular weight excluding hydrogens is 662 g/mol. The Morgan fingerprint density at radius 3 is 2.64 bits per heavy atom. The smallest absolute Gasteiger partial charge is 0.477 e. The van der Waals surface area contributed by atoms with Crippen molar-refractivity contribution in [1.29, 1.82) is 0 Å². The maximum absolute atomic E-state index is 13.4. The summed E-state index contributed by atoms with van der Waals surface area (Å²) in [5.41, 5.74) is -0.113. The van der Waals surface area contributed by atoms with Crippen LogP contribution >= 0.6 is 23.3 Å². The summed E-state index contributed by atoms with van der Waals surface area (Å²) in [5.74, 6) is -3.77. The molecular formula is C27H27N7O11S2. The summed E-state index contributed by atoms with van der Waals surface area (Å²) in [4.78, 5) is 83.6. The molecule has 47 heavy (non-hydrogen) atoms. The van der Waals surface area contributed by atoms with Crippen LogP contribution in [0.4, 0.5) is 4.79 Å². The highest BCUT2D eigenvalue weighted by Crippen LogP contribution is 2.41. The molecule has 3 N–H and O–H groups in total. The molecule has 0 saturated carbocycles. The monoisotopic (exact) mass is 689 g/mol. The molecule has 3 atom stereocenters. The number of nitrogens with one attached hydrogen (secondary N) is 1. The van der Waals surface area contributed by atoms with Crippen molar-refractivity contribution in [2.24, 2.45) is 5.16 Å². The third-order valence-electron chi connectivity index (χ3n) is 8.07. The van der Waals surface area contributed by atoms with E-state index >= 15 is 0 Å². The molecule has 2 aromatic rings. The van der Waals surface area contributed by atoms with Gasteiger partial charge in [0.15, 0.2) is 18.1 Å². The zero-order valence-corrected chi connectivity index (χ0v) is 26.5. The van der Waals surface area contributed by atoms with E-state index in [1.165, 1.54) is 29.7 Å². The predicted molar refractivity (Wildman–Crippen MR) is 159 cm³/mol. The highest BCUT2D eigenvalue weighted by atomic mass is 32.2. The molecule has 4 aliphatic heterocycles. The van der Waals surface area contributed by atoms with E-state index < -0.39 is 46.8 Å². The number of carboxylic acid groups (broad SMARTS) is 1. The molecule has 6 rings (SSSR count). The Balaban J connectivity index is 1.09. The second kappa shape index (κ2) is 12.7. The van der Waals surface area contributed by atoms with Gasteiger partial charge < -0.3 is 39.0 Å². The third kappa shape index (κ3) is 6.00. The molecule has 4 aliphatic rings. The number of carboxylic acids is 1. The van der Waals surface area contributed by atoms with E-state index in [1.807, 2.05) is 0 Å². The van der Waals surface area contributed by atoms with Crippen LogP contribution in [-0.4, -0.2) is 113 Å². The molecule has 248 valence electrons. The number of carbonyl (C=O) groups is 5. The molecule has 18 nitrogen and oxygen atoms in total. The molecule has 2 aromatic heterocycles. The van der Waals surface area contributed by atoms with Gasteiger partial charge in [0.25, 0.3) is 11.8 Å². The van der Waals surface area contributed by atoms with Gasteiger partial charge in [-0.1, -0.05) is 5.16 Å². The Bertz CT molecular complexity index is 1830. The number of fused-ring (bicyclic) bond motifs is 1. The lowest BCUT2D eigenvalue weighted by Crippen LogP contribution is -2.71. The number of allylic oxidation sites excluding steroid dienone is 1. The van der Waals surface area contributed by atoms with Crippen molar-refractivity contribution >= 4 is 58.8 Å². The maximum atomic E-state index is 13.4. The first-order valence-corrected chi connectivity index (χ1v) is 16.1. The maximum Gasteiger partial charge on any atom is 0.519 e. The molecule has 4 amide bonds. The van der Waals surface area contributed by atoms with Crippen LogP contribution in [0.15, 0.2) is 41.7 Å². The summed E-state index contributed by atoms with van der Waals surface area (Å²) in [7, 11) is 0. The number of amides is 4. The lowest BCUT2D eigenvalue weighted by atomic mass is 10.0. The van der Waals surface area contributed by atoms with E-state index in [0.29, 0.717) is 36.5 Å². The van der Waals surface area contributed by atoms with Gasteiger partial charge in [0.1, 0.15) is 22.1 Å². The zero-order chi connectivity index (χ0) is 33.6. The van der Waals surface area contributed by atoms with Crippen molar-refractivity contribution in [2.45, 2.75) is 50.8 Å². The van der Waals surface area contributed by atoms with E-state index in [9.17, 15) is 39.1 Å². The van der Waals surface area contributed by atoms with Crippen molar-refractivity contribution in [3.05, 3.63) is 55.9 Å². The molecule has 3 saturated heterocycles. The fraction of sp³-hybridized carbons (Fsp3) is 0.444. The van der Waals surface area contributed by atoms with E-state index in [-0.39, 0.29) is 59.5 Å². The van der Waals surface area contributed by atoms with E-state index in [1.54, 1.807) is 11.8 Å². The fourth-order valence-electron chi connectivity index (χ4n) is 5.76. The van der Waals surface area contributed by atoms with Crippen molar-refractivity contribution < 1.29 is 47.9 Å². The largest absolute Gasteiger partial charge is 0.519 e. The second-order valence-corrected chi connectivity index (χ2v) is 13.0. The van der Waals surface area contributed by atoms with Crippen molar-refractivity contribution in [1.82, 2.24) is 29.4 Å². The van der Waals surface area contributed by atoms with Gasteiger partial charge in [-0.2, -0.15) is 4.37 Å². The molecule has 0 bridgehead atoms. The topological polar surface area (TPSA) is 238 Å². The zero-order valence-electron chi connectivity index (χ0n) is 24.8. The number of hydrogen-bond donors (Lipinski definition) is 3. The quantitative estimate of drug-likeness (QED) is 0.110. The van der Waals surface area contributed by atoms with Gasteiger partial charge in [0, 0.05) is 31.0 Å². The van der Waals surface area contributed by atoms with E-state index in [0.717, 1.165) is 16.4 Å². The average molecular weight is 690 g/mol. The molecule has 0 aliphatic carbocycles. The number of nitrogens with zero attached hydrogens (tertiary/aromatic N) is 6. The van der Waals surface area contributed by atoms with Crippen LogP contribution < -0.4 is 11.1 Å². The first-order chi connectivity index (χ1) is 22.5. The molecule has 2 unspecified atom stereocenters. The van der Waals surface area contributed by atoms with Crippen LogP contribution in [0.3, 0.4) is 0 Å². The number of carbonyl (C=O) groups excluding carboxylic acids is 4. The molecule has 0 aromatic carbocycles. The average Bonchev–Trinajstić information content (AvgIpc) is 3.83. The summed E-state index contributed by atoms with van der Waals surface area (Å²) in [6, 6.07) is -1.37. The van der Waals surface area contributed by atoms with Crippen molar-refractivity contribution in [3.63, 3.8) is 0 Å². The number of aromatic nitrogens is 2. The lowest BCUT2D eigenvalue weighted by molar-refractivity contribution is -0.150. The van der Waals surface area contributed by atoms with Gasteiger partial charge in [-0.05, 0) is 49.9 Å². The summed E-state index contributed by atoms with van der Waals surface area (Å²) in [6.45, 7) is 3.82. The number of β-lactam (4-membered cyclic amide) rings is 1. The van der Waals surface area contributed by atoms with Crippen LogP contribution in [0.1, 0.15) is 35.2 Å². The first-order valence-electron chi connectivity index (χ1n) is 14.2. The summed E-state index contributed by atoms with van der Waals surface area (Å²) < 4.78 is 18.8.